The molecule has 0 atom stereocenters. The van der Waals surface area contributed by atoms with Crippen LogP contribution < -0.4 is 0 Å². The van der Waals surface area contributed by atoms with Crippen LogP contribution in [0.15, 0.2) is 279 Å². The lowest BCUT2D eigenvalue weighted by atomic mass is 9.98. The molecule has 0 fully saturated rings. The first-order chi connectivity index (χ1) is 43.7. The number of aromatic nitrogens is 6. The van der Waals surface area contributed by atoms with E-state index in [1.54, 1.807) is 0 Å². The van der Waals surface area contributed by atoms with Gasteiger partial charge in [0.05, 0.1) is 88.9 Å². The summed E-state index contributed by atoms with van der Waals surface area (Å²) in [5, 5.41) is 38.9. The molecule has 0 aliphatic rings. The topological polar surface area (TPSA) is 77.2 Å². The third-order valence-corrected chi connectivity index (χ3v) is 18.6. The molecule has 0 saturated carbocycles. The molecule has 8 nitrogen and oxygen atoms in total. The summed E-state index contributed by atoms with van der Waals surface area (Å²) in [7, 11) is 0. The van der Waals surface area contributed by atoms with Gasteiger partial charge >= 0.3 is 0 Å². The van der Waals surface area contributed by atoms with Gasteiger partial charge in [0.25, 0.3) is 0 Å². The van der Waals surface area contributed by atoms with Gasteiger partial charge in [0, 0.05) is 76.0 Å². The molecule has 6 heterocycles. The van der Waals surface area contributed by atoms with Gasteiger partial charge in [0.1, 0.15) is 23.3 Å². The van der Waals surface area contributed by atoms with Gasteiger partial charge in [-0.3, -0.25) is 0 Å². The molecule has 0 saturated heterocycles. The summed E-state index contributed by atoms with van der Waals surface area (Å²) in [6.07, 6.45) is 0. The lowest BCUT2D eigenvalue weighted by molar-refractivity contribution is 1.02. The van der Waals surface area contributed by atoms with Gasteiger partial charge in [0.2, 0.25) is 0 Å². The number of fused-ring (bicyclic) bond motifs is 18. The Balaban J connectivity index is 1.09. The zero-order valence-corrected chi connectivity index (χ0v) is 47.1. The molecule has 0 bridgehead atoms. The van der Waals surface area contributed by atoms with Gasteiger partial charge in [-0.2, -0.15) is 10.5 Å². The maximum atomic E-state index is 13.1. The fourth-order valence-corrected chi connectivity index (χ4v) is 15.2. The smallest absolute Gasteiger partial charge is 0.104 e. The summed E-state index contributed by atoms with van der Waals surface area (Å²) in [5.41, 5.74) is 16.7. The molecule has 0 aliphatic heterocycles. The normalized spacial score (nSPS) is 12.1. The van der Waals surface area contributed by atoms with Crippen LogP contribution in [0.4, 0.5) is 0 Å². The summed E-state index contributed by atoms with van der Waals surface area (Å²) < 4.78 is 13.9. The fraction of sp³-hybridized carbons (Fsp3) is 0. The van der Waals surface area contributed by atoms with E-state index in [1.165, 1.54) is 0 Å². The molecule has 13 aromatic carbocycles. The van der Waals surface area contributed by atoms with E-state index in [0.29, 0.717) is 33.9 Å². The Kier molecular flexibility index (Phi) is 9.87. The predicted molar refractivity (Wildman–Crippen MR) is 362 cm³/mol. The minimum absolute atomic E-state index is 0.397. The number of hydrogen-bond donors (Lipinski definition) is 0. The Bertz CT molecular complexity index is 5830. The Hall–Kier alpha value is -12.4. The second-order valence-electron chi connectivity index (χ2n) is 23.0. The summed E-state index contributed by atoms with van der Waals surface area (Å²) >= 11 is 0. The van der Waals surface area contributed by atoms with E-state index in [9.17, 15) is 10.5 Å². The zero-order valence-electron chi connectivity index (χ0n) is 47.1. The van der Waals surface area contributed by atoms with Crippen LogP contribution >= 0.6 is 0 Å². The first-order valence-electron chi connectivity index (χ1n) is 29.7. The minimum atomic E-state index is 0.397. The van der Waals surface area contributed by atoms with E-state index in [0.717, 1.165) is 142 Å². The van der Waals surface area contributed by atoms with E-state index < -0.39 is 0 Å². The second-order valence-corrected chi connectivity index (χ2v) is 23.0. The van der Waals surface area contributed by atoms with Crippen molar-refractivity contribution in [1.29, 1.82) is 10.5 Å². The lowest BCUT2D eigenvalue weighted by Gasteiger charge is -2.27. The minimum Gasteiger partial charge on any atom is -0.309 e. The van der Waals surface area contributed by atoms with Crippen LogP contribution in [0, 0.1) is 22.7 Å². The summed E-state index contributed by atoms with van der Waals surface area (Å²) in [4.78, 5) is 0. The molecule has 0 N–H and O–H groups in total. The van der Waals surface area contributed by atoms with E-state index in [1.807, 2.05) is 0 Å². The number of benzene rings is 13. The molecule has 6 aromatic heterocycles. The van der Waals surface area contributed by atoms with Crippen molar-refractivity contribution >= 4 is 131 Å². The van der Waals surface area contributed by atoms with Crippen LogP contribution in [0.5, 0.6) is 0 Å². The van der Waals surface area contributed by atoms with Crippen molar-refractivity contribution in [3.63, 3.8) is 0 Å². The summed E-state index contributed by atoms with van der Waals surface area (Å²) in [6.45, 7) is 0. The van der Waals surface area contributed by atoms with Crippen LogP contribution in [-0.4, -0.2) is 27.4 Å². The van der Waals surface area contributed by atoms with Crippen molar-refractivity contribution in [2.24, 2.45) is 0 Å². The lowest BCUT2D eigenvalue weighted by Crippen LogP contribution is -2.16. The van der Waals surface area contributed by atoms with Crippen molar-refractivity contribution in [3.8, 4) is 46.3 Å². The van der Waals surface area contributed by atoms with Crippen LogP contribution in [0.25, 0.3) is 165 Å². The molecule has 8 heteroatoms. The van der Waals surface area contributed by atoms with Gasteiger partial charge in [-0.1, -0.05) is 182 Å². The summed E-state index contributed by atoms with van der Waals surface area (Å²) in [6, 6.07) is 105. The van der Waals surface area contributed by atoms with E-state index in [-0.39, 0.29) is 0 Å². The van der Waals surface area contributed by atoms with Gasteiger partial charge in [-0.05, 0) is 97.1 Å². The molecule has 0 aliphatic carbocycles. The fourth-order valence-electron chi connectivity index (χ4n) is 15.2. The molecule has 0 amide bonds. The molecule has 0 radical (unpaired) electrons. The first-order valence-corrected chi connectivity index (χ1v) is 29.7. The average molecular weight is 1120 g/mol. The first kappa shape index (κ1) is 48.1. The van der Waals surface area contributed by atoms with Gasteiger partial charge in [0.15, 0.2) is 0 Å². The van der Waals surface area contributed by atoms with Crippen LogP contribution in [-0.2, 0) is 0 Å². The maximum absolute atomic E-state index is 13.1. The van der Waals surface area contributed by atoms with Crippen molar-refractivity contribution in [3.05, 3.63) is 290 Å². The molecule has 19 aromatic rings. The zero-order chi connectivity index (χ0) is 57.9. The highest BCUT2D eigenvalue weighted by atomic mass is 15.1. The average Bonchev–Trinajstić information content (AvgIpc) is 1.54. The van der Waals surface area contributed by atoms with Crippen LogP contribution in [0.3, 0.4) is 0 Å². The Morgan fingerprint density at radius 1 is 0.182 bits per heavy atom. The standard InChI is InChI=1S/C80H46N8/c81-47-63-78(86-69-39-19-9-29-53(69)54-30-10-20-40-70(54)86)80(88-72-42-22-14-34-58(72)62-44-60-56-32-12-16-36-66(56)84(74(60)46-76(62)88)50-25-5-2-6-26-50)64(48-82)77(85-67-37-17-7-27-51(67)52-28-8-18-38-68(52)85)79(63)87-71-41-21-13-33-57(71)61-43-59-55-31-11-15-35-65(55)83(73(59)45-75(61)87)49-23-3-1-4-24-49/h1-46H. The molecule has 0 unspecified atom stereocenters. The molecule has 406 valence electrons. The third kappa shape index (κ3) is 6.34. The van der Waals surface area contributed by atoms with E-state index >= 15 is 0 Å². The highest BCUT2D eigenvalue weighted by Crippen LogP contribution is 2.50. The number of nitrogens with zero attached hydrogens (tertiary/aromatic N) is 8. The SMILES string of the molecule is N#Cc1c(-n2c3ccccc3c3ccccc32)c(-n2c3ccccc3c3cc4c5ccccc5n(-c5ccccc5)c4cc32)c(C#N)c(-n2c3ccccc3c3ccccc32)c1-n1c2ccccc2c2cc3c4ccccc4n(-c4ccccc4)c3cc21. The van der Waals surface area contributed by atoms with Crippen molar-refractivity contribution in [1.82, 2.24) is 27.4 Å². The number of para-hydroxylation sites is 10. The van der Waals surface area contributed by atoms with Crippen LogP contribution in [0.2, 0.25) is 0 Å². The molecule has 0 spiro atoms. The van der Waals surface area contributed by atoms with Crippen molar-refractivity contribution in [2.45, 2.75) is 0 Å². The Labute approximate surface area is 502 Å². The van der Waals surface area contributed by atoms with Gasteiger partial charge in [-0.25, -0.2) is 0 Å². The molecule has 19 rings (SSSR count). The Morgan fingerprint density at radius 3 is 0.625 bits per heavy atom. The monoisotopic (exact) mass is 1120 g/mol. The van der Waals surface area contributed by atoms with Crippen LogP contribution in [0.1, 0.15) is 11.1 Å². The predicted octanol–water partition coefficient (Wildman–Crippen LogP) is 20.0. The number of nitriles is 2. The molecular formula is C80H46N8. The number of hydrogen-bond acceptors (Lipinski definition) is 2. The quantitative estimate of drug-likeness (QED) is 0.166. The van der Waals surface area contributed by atoms with E-state index in [2.05, 4.69) is 319 Å². The largest absolute Gasteiger partial charge is 0.309 e. The molecule has 88 heavy (non-hydrogen) atoms. The number of rotatable bonds is 6. The Morgan fingerprint density at radius 2 is 0.375 bits per heavy atom. The van der Waals surface area contributed by atoms with E-state index in [4.69, 9.17) is 0 Å². The second kappa shape index (κ2) is 18.1. The maximum Gasteiger partial charge on any atom is 0.104 e. The van der Waals surface area contributed by atoms with Gasteiger partial charge in [-0.15, -0.1) is 0 Å². The van der Waals surface area contributed by atoms with Crippen molar-refractivity contribution < 1.29 is 0 Å². The highest BCUT2D eigenvalue weighted by molar-refractivity contribution is 6.22. The third-order valence-electron chi connectivity index (χ3n) is 18.6. The van der Waals surface area contributed by atoms with Gasteiger partial charge < -0.3 is 27.4 Å². The van der Waals surface area contributed by atoms with Crippen molar-refractivity contribution in [2.75, 3.05) is 0 Å². The highest BCUT2D eigenvalue weighted by Gasteiger charge is 2.35. The summed E-state index contributed by atoms with van der Waals surface area (Å²) in [5.74, 6) is 0. The molecular weight excluding hydrogens is 1070 g/mol.